The standard InChI is InChI=1S/C16H24ClN4O3P/c1-4-25(22,5-2)24-16(23-3)11-6-7-12(8-11)21-10-20-13-14(17)18-9-19-15(13)21/h9-12,16H,4-8H2,1-3H3. The topological polar surface area (TPSA) is 79.1 Å². The summed E-state index contributed by atoms with van der Waals surface area (Å²) in [7, 11) is -0.996. The van der Waals surface area contributed by atoms with Crippen LogP contribution in [0.1, 0.15) is 39.2 Å². The molecule has 7 nitrogen and oxygen atoms in total. The van der Waals surface area contributed by atoms with E-state index < -0.39 is 13.7 Å². The molecule has 2 aromatic heterocycles. The highest BCUT2D eigenvalue weighted by molar-refractivity contribution is 7.58. The SMILES string of the molecule is CCP(=O)(CC)OC(OC)C1CCC(n2cnc3c(Cl)ncnc32)C1. The Bertz CT molecular complexity index is 776. The number of ether oxygens (including phenoxy) is 1. The predicted octanol–water partition coefficient (Wildman–Crippen LogP) is 4.13. The summed E-state index contributed by atoms with van der Waals surface area (Å²) >= 11 is 6.09. The van der Waals surface area contributed by atoms with Crippen LogP contribution in [0, 0.1) is 5.92 Å². The van der Waals surface area contributed by atoms with E-state index in [-0.39, 0.29) is 12.0 Å². The van der Waals surface area contributed by atoms with Gasteiger partial charge in [0, 0.05) is 31.4 Å². The van der Waals surface area contributed by atoms with Crippen LogP contribution in [-0.4, -0.2) is 45.2 Å². The molecule has 2 aromatic rings. The first-order valence-electron chi connectivity index (χ1n) is 8.63. The molecule has 1 fully saturated rings. The summed E-state index contributed by atoms with van der Waals surface area (Å²) in [5.41, 5.74) is 1.36. The van der Waals surface area contributed by atoms with Crippen LogP contribution in [0.5, 0.6) is 0 Å². The molecule has 138 valence electrons. The molecule has 1 aliphatic carbocycles. The monoisotopic (exact) mass is 386 g/mol. The minimum Gasteiger partial charge on any atom is -0.355 e. The maximum Gasteiger partial charge on any atom is 0.204 e. The van der Waals surface area contributed by atoms with Crippen molar-refractivity contribution in [1.29, 1.82) is 0 Å². The molecule has 2 heterocycles. The van der Waals surface area contributed by atoms with E-state index in [4.69, 9.17) is 20.9 Å². The lowest BCUT2D eigenvalue weighted by atomic mass is 10.1. The number of halogens is 1. The summed E-state index contributed by atoms with van der Waals surface area (Å²) in [5, 5.41) is 0.364. The number of hydrogen-bond donors (Lipinski definition) is 0. The number of rotatable bonds is 7. The van der Waals surface area contributed by atoms with E-state index in [9.17, 15) is 4.57 Å². The van der Waals surface area contributed by atoms with Gasteiger partial charge in [-0.25, -0.2) is 15.0 Å². The van der Waals surface area contributed by atoms with Crippen molar-refractivity contribution in [2.24, 2.45) is 5.92 Å². The van der Waals surface area contributed by atoms with Crippen LogP contribution in [0.15, 0.2) is 12.7 Å². The number of fused-ring (bicyclic) bond motifs is 1. The summed E-state index contributed by atoms with van der Waals surface area (Å²) in [6, 6.07) is 0.241. The summed E-state index contributed by atoms with van der Waals surface area (Å²) in [6.45, 7) is 3.80. The van der Waals surface area contributed by atoms with Gasteiger partial charge < -0.3 is 9.30 Å². The molecule has 25 heavy (non-hydrogen) atoms. The third-order valence-corrected chi connectivity index (χ3v) is 7.83. The van der Waals surface area contributed by atoms with Crippen molar-refractivity contribution in [2.45, 2.75) is 45.4 Å². The van der Waals surface area contributed by atoms with Gasteiger partial charge in [0.2, 0.25) is 7.37 Å². The lowest BCUT2D eigenvalue weighted by molar-refractivity contribution is -0.0900. The van der Waals surface area contributed by atoms with Crippen molar-refractivity contribution in [3.8, 4) is 0 Å². The quantitative estimate of drug-likeness (QED) is 0.404. The molecule has 0 saturated heterocycles. The molecule has 0 spiro atoms. The van der Waals surface area contributed by atoms with Gasteiger partial charge >= 0.3 is 0 Å². The average molecular weight is 387 g/mol. The number of nitrogens with zero attached hydrogens (tertiary/aromatic N) is 4. The maximum atomic E-state index is 12.7. The molecule has 0 aromatic carbocycles. The fraction of sp³-hybridized carbons (Fsp3) is 0.688. The molecule has 0 amide bonds. The number of aromatic nitrogens is 4. The number of methoxy groups -OCH3 is 1. The Labute approximate surface area is 152 Å². The molecule has 3 atom stereocenters. The second kappa shape index (κ2) is 7.70. The van der Waals surface area contributed by atoms with Gasteiger partial charge in [0.15, 0.2) is 17.1 Å². The van der Waals surface area contributed by atoms with E-state index in [0.717, 1.165) is 24.9 Å². The van der Waals surface area contributed by atoms with Crippen LogP contribution in [0.3, 0.4) is 0 Å². The van der Waals surface area contributed by atoms with Crippen LogP contribution in [0.2, 0.25) is 5.15 Å². The first kappa shape index (κ1) is 18.8. The number of hydrogen-bond acceptors (Lipinski definition) is 6. The van der Waals surface area contributed by atoms with Crippen LogP contribution in [0.4, 0.5) is 0 Å². The molecule has 0 bridgehead atoms. The Morgan fingerprint density at radius 2 is 2.08 bits per heavy atom. The van der Waals surface area contributed by atoms with E-state index in [0.29, 0.717) is 23.0 Å². The Balaban J connectivity index is 1.76. The molecular weight excluding hydrogens is 363 g/mol. The van der Waals surface area contributed by atoms with Crippen LogP contribution >= 0.6 is 19.0 Å². The Hall–Kier alpha value is -1.01. The fourth-order valence-electron chi connectivity index (χ4n) is 3.47. The molecule has 0 N–H and O–H groups in total. The Morgan fingerprint density at radius 1 is 1.32 bits per heavy atom. The normalized spacial score (nSPS) is 22.6. The minimum absolute atomic E-state index is 0.191. The first-order valence-corrected chi connectivity index (χ1v) is 11.0. The van der Waals surface area contributed by atoms with E-state index in [1.165, 1.54) is 6.33 Å². The lowest BCUT2D eigenvalue weighted by Gasteiger charge is -2.27. The van der Waals surface area contributed by atoms with E-state index in [1.54, 1.807) is 13.4 Å². The van der Waals surface area contributed by atoms with Crippen LogP contribution < -0.4 is 0 Å². The highest BCUT2D eigenvalue weighted by Crippen LogP contribution is 2.50. The van der Waals surface area contributed by atoms with Gasteiger partial charge in [-0.15, -0.1) is 0 Å². The van der Waals surface area contributed by atoms with Gasteiger partial charge in [0.25, 0.3) is 0 Å². The van der Waals surface area contributed by atoms with Crippen molar-refractivity contribution in [3.05, 3.63) is 17.8 Å². The third-order valence-electron chi connectivity index (χ3n) is 5.03. The predicted molar refractivity (Wildman–Crippen MR) is 97.3 cm³/mol. The first-order chi connectivity index (χ1) is 12.0. The third kappa shape index (κ3) is 3.75. The lowest BCUT2D eigenvalue weighted by Crippen LogP contribution is -2.24. The zero-order valence-electron chi connectivity index (χ0n) is 14.8. The fourth-order valence-corrected chi connectivity index (χ4v) is 5.02. The van der Waals surface area contributed by atoms with Gasteiger partial charge in [0.1, 0.15) is 11.8 Å². The molecule has 1 aliphatic rings. The van der Waals surface area contributed by atoms with Gasteiger partial charge in [-0.1, -0.05) is 25.4 Å². The average Bonchev–Trinajstić information content (AvgIpc) is 3.27. The molecule has 9 heteroatoms. The van der Waals surface area contributed by atoms with Crippen molar-refractivity contribution >= 4 is 30.1 Å². The summed E-state index contributed by atoms with van der Waals surface area (Å²) in [4.78, 5) is 12.6. The van der Waals surface area contributed by atoms with Gasteiger partial charge in [-0.2, -0.15) is 0 Å². The van der Waals surface area contributed by atoms with E-state index in [2.05, 4.69) is 19.5 Å². The largest absolute Gasteiger partial charge is 0.355 e. The van der Waals surface area contributed by atoms with Crippen molar-refractivity contribution < 1.29 is 13.8 Å². The molecular formula is C16H24ClN4O3P. The summed E-state index contributed by atoms with van der Waals surface area (Å²) in [6.07, 6.45) is 6.60. The van der Waals surface area contributed by atoms with E-state index >= 15 is 0 Å². The number of imidazole rings is 1. The van der Waals surface area contributed by atoms with Crippen molar-refractivity contribution in [2.75, 3.05) is 19.4 Å². The van der Waals surface area contributed by atoms with Crippen LogP contribution in [-0.2, 0) is 13.8 Å². The smallest absolute Gasteiger partial charge is 0.204 e. The highest BCUT2D eigenvalue weighted by Gasteiger charge is 2.36. The summed E-state index contributed by atoms with van der Waals surface area (Å²) in [5.74, 6) is 0.191. The maximum absolute atomic E-state index is 12.7. The molecule has 0 aliphatic heterocycles. The summed E-state index contributed by atoms with van der Waals surface area (Å²) < 4.78 is 26.1. The molecule has 3 rings (SSSR count). The van der Waals surface area contributed by atoms with Gasteiger partial charge in [-0.3, -0.25) is 9.09 Å². The Kier molecular flexibility index (Phi) is 5.78. The van der Waals surface area contributed by atoms with E-state index in [1.807, 2.05) is 13.8 Å². The van der Waals surface area contributed by atoms with Crippen molar-refractivity contribution in [1.82, 2.24) is 19.5 Å². The second-order valence-corrected chi connectivity index (χ2v) is 9.83. The van der Waals surface area contributed by atoms with Gasteiger partial charge in [0.05, 0.1) is 6.33 Å². The molecule has 1 saturated carbocycles. The Morgan fingerprint density at radius 3 is 2.76 bits per heavy atom. The van der Waals surface area contributed by atoms with Gasteiger partial charge in [-0.05, 0) is 19.3 Å². The zero-order chi connectivity index (χ0) is 18.0. The highest BCUT2D eigenvalue weighted by atomic mass is 35.5. The van der Waals surface area contributed by atoms with Crippen LogP contribution in [0.25, 0.3) is 11.2 Å². The zero-order valence-corrected chi connectivity index (χ0v) is 16.4. The molecule has 3 unspecified atom stereocenters. The van der Waals surface area contributed by atoms with Crippen molar-refractivity contribution in [3.63, 3.8) is 0 Å². The second-order valence-electron chi connectivity index (χ2n) is 6.37. The minimum atomic E-state index is -2.61. The molecule has 0 radical (unpaired) electrons.